The van der Waals surface area contributed by atoms with Crippen LogP contribution in [-0.2, 0) is 4.79 Å². The number of hydrogen-bond acceptors (Lipinski definition) is 2. The standard InChI is InChI=1S/C15H22N2O/c1-11(2)10-17-14(9-13(16-3)15(17)18)12-7-5-4-6-8-12/h4-8,11,13-14,16H,9-10H2,1-3H3/t13-,14+/m1/s1. The number of nitrogens with zero attached hydrogens (tertiary/aromatic N) is 1. The third-order valence-electron chi connectivity index (χ3n) is 3.51. The van der Waals surface area contributed by atoms with Gasteiger partial charge in [0, 0.05) is 6.54 Å². The molecule has 1 aromatic rings. The van der Waals surface area contributed by atoms with Crippen LogP contribution >= 0.6 is 0 Å². The molecule has 0 aromatic heterocycles. The van der Waals surface area contributed by atoms with Gasteiger partial charge in [-0.05, 0) is 24.9 Å². The van der Waals surface area contributed by atoms with Gasteiger partial charge in [0.05, 0.1) is 12.1 Å². The molecule has 1 aliphatic heterocycles. The molecule has 2 rings (SSSR count). The highest BCUT2D eigenvalue weighted by Crippen LogP contribution is 2.33. The van der Waals surface area contributed by atoms with Gasteiger partial charge in [-0.1, -0.05) is 44.2 Å². The van der Waals surface area contributed by atoms with Crippen LogP contribution in [0.3, 0.4) is 0 Å². The summed E-state index contributed by atoms with van der Waals surface area (Å²) in [6, 6.07) is 10.5. The van der Waals surface area contributed by atoms with E-state index in [1.54, 1.807) is 0 Å². The first kappa shape index (κ1) is 13.1. The van der Waals surface area contributed by atoms with E-state index >= 15 is 0 Å². The van der Waals surface area contributed by atoms with Crippen LogP contribution in [-0.4, -0.2) is 30.4 Å². The lowest BCUT2D eigenvalue weighted by Gasteiger charge is -2.26. The van der Waals surface area contributed by atoms with E-state index < -0.39 is 0 Å². The minimum Gasteiger partial charge on any atom is -0.334 e. The Morgan fingerprint density at radius 2 is 2.00 bits per heavy atom. The molecule has 18 heavy (non-hydrogen) atoms. The van der Waals surface area contributed by atoms with E-state index in [1.165, 1.54) is 5.56 Å². The average molecular weight is 246 g/mol. The smallest absolute Gasteiger partial charge is 0.240 e. The minimum absolute atomic E-state index is 0.0334. The SMILES string of the molecule is CN[C@@H]1C[C@@H](c2ccccc2)N(CC(C)C)C1=O. The van der Waals surface area contributed by atoms with Crippen molar-refractivity contribution in [1.29, 1.82) is 0 Å². The summed E-state index contributed by atoms with van der Waals surface area (Å²) in [7, 11) is 1.86. The Kier molecular flexibility index (Phi) is 4.02. The number of carbonyl (C=O) groups excluding carboxylic acids is 1. The van der Waals surface area contributed by atoms with Gasteiger partial charge in [-0.3, -0.25) is 4.79 Å². The van der Waals surface area contributed by atoms with Gasteiger partial charge in [0.15, 0.2) is 0 Å². The minimum atomic E-state index is -0.0334. The average Bonchev–Trinajstić information content (AvgIpc) is 2.67. The first-order valence-electron chi connectivity index (χ1n) is 6.66. The summed E-state index contributed by atoms with van der Waals surface area (Å²) in [5, 5.41) is 3.13. The summed E-state index contributed by atoms with van der Waals surface area (Å²) in [6.45, 7) is 5.14. The van der Waals surface area contributed by atoms with Crippen molar-refractivity contribution in [2.45, 2.75) is 32.4 Å². The summed E-state index contributed by atoms with van der Waals surface area (Å²) in [6.07, 6.45) is 0.867. The van der Waals surface area contributed by atoms with Crippen molar-refractivity contribution in [3.63, 3.8) is 0 Å². The van der Waals surface area contributed by atoms with Gasteiger partial charge >= 0.3 is 0 Å². The molecule has 1 N–H and O–H groups in total. The van der Waals surface area contributed by atoms with Crippen LogP contribution < -0.4 is 5.32 Å². The molecule has 1 fully saturated rings. The van der Waals surface area contributed by atoms with Crippen molar-refractivity contribution in [1.82, 2.24) is 10.2 Å². The topological polar surface area (TPSA) is 32.3 Å². The van der Waals surface area contributed by atoms with Crippen molar-refractivity contribution in [3.8, 4) is 0 Å². The summed E-state index contributed by atoms with van der Waals surface area (Å²) >= 11 is 0. The van der Waals surface area contributed by atoms with Gasteiger partial charge < -0.3 is 10.2 Å². The first-order valence-corrected chi connectivity index (χ1v) is 6.66. The summed E-state index contributed by atoms with van der Waals surface area (Å²) in [5.41, 5.74) is 1.24. The largest absolute Gasteiger partial charge is 0.334 e. The number of likely N-dealkylation sites (tertiary alicyclic amines) is 1. The highest BCUT2D eigenvalue weighted by molar-refractivity contribution is 5.84. The fourth-order valence-corrected chi connectivity index (χ4v) is 2.65. The lowest BCUT2D eigenvalue weighted by molar-refractivity contribution is -0.131. The predicted octanol–water partition coefficient (Wildman–Crippen LogP) is 2.20. The van der Waals surface area contributed by atoms with E-state index in [0.29, 0.717) is 5.92 Å². The van der Waals surface area contributed by atoms with E-state index in [0.717, 1.165) is 13.0 Å². The molecule has 0 bridgehead atoms. The molecule has 2 atom stereocenters. The van der Waals surface area contributed by atoms with Crippen LogP contribution in [0.1, 0.15) is 31.9 Å². The Labute approximate surface area is 109 Å². The highest BCUT2D eigenvalue weighted by atomic mass is 16.2. The highest BCUT2D eigenvalue weighted by Gasteiger charge is 2.39. The van der Waals surface area contributed by atoms with Crippen LogP contribution in [0.2, 0.25) is 0 Å². The van der Waals surface area contributed by atoms with E-state index in [-0.39, 0.29) is 18.0 Å². The zero-order chi connectivity index (χ0) is 13.1. The van der Waals surface area contributed by atoms with Crippen LogP contribution in [0.25, 0.3) is 0 Å². The molecule has 1 heterocycles. The number of benzene rings is 1. The second-order valence-electron chi connectivity index (χ2n) is 5.39. The quantitative estimate of drug-likeness (QED) is 0.883. The summed E-state index contributed by atoms with van der Waals surface area (Å²) < 4.78 is 0. The lowest BCUT2D eigenvalue weighted by Crippen LogP contribution is -2.38. The number of nitrogens with one attached hydrogen (secondary N) is 1. The number of amides is 1. The molecule has 1 aliphatic rings. The molecule has 3 nitrogen and oxygen atoms in total. The van der Waals surface area contributed by atoms with Crippen molar-refractivity contribution in [3.05, 3.63) is 35.9 Å². The molecule has 0 saturated carbocycles. The van der Waals surface area contributed by atoms with Crippen molar-refractivity contribution in [2.24, 2.45) is 5.92 Å². The monoisotopic (exact) mass is 246 g/mol. The molecule has 3 heteroatoms. The number of carbonyl (C=O) groups is 1. The summed E-state index contributed by atoms with van der Waals surface area (Å²) in [5.74, 6) is 0.732. The Bertz CT molecular complexity index is 402. The van der Waals surface area contributed by atoms with Crippen LogP contribution in [0, 0.1) is 5.92 Å². The fraction of sp³-hybridized carbons (Fsp3) is 0.533. The maximum Gasteiger partial charge on any atom is 0.240 e. The molecule has 0 radical (unpaired) electrons. The van der Waals surface area contributed by atoms with E-state index in [1.807, 2.05) is 30.1 Å². The number of hydrogen-bond donors (Lipinski definition) is 1. The molecular formula is C15H22N2O. The maximum atomic E-state index is 12.3. The molecule has 98 valence electrons. The Balaban J connectivity index is 2.24. The second-order valence-corrected chi connectivity index (χ2v) is 5.39. The Morgan fingerprint density at radius 3 is 2.56 bits per heavy atom. The van der Waals surface area contributed by atoms with E-state index in [2.05, 4.69) is 31.3 Å². The zero-order valence-electron chi connectivity index (χ0n) is 11.4. The third-order valence-corrected chi connectivity index (χ3v) is 3.51. The fourth-order valence-electron chi connectivity index (χ4n) is 2.65. The van der Waals surface area contributed by atoms with Gasteiger partial charge in [0.25, 0.3) is 0 Å². The molecule has 0 aliphatic carbocycles. The molecule has 1 aromatic carbocycles. The van der Waals surface area contributed by atoms with Gasteiger partial charge in [0.1, 0.15) is 0 Å². The van der Waals surface area contributed by atoms with Gasteiger partial charge in [-0.2, -0.15) is 0 Å². The van der Waals surface area contributed by atoms with Crippen LogP contribution in [0.4, 0.5) is 0 Å². The third kappa shape index (κ3) is 2.56. The van der Waals surface area contributed by atoms with Gasteiger partial charge in [0.2, 0.25) is 5.91 Å². The zero-order valence-corrected chi connectivity index (χ0v) is 11.4. The van der Waals surface area contributed by atoms with Crippen LogP contribution in [0.15, 0.2) is 30.3 Å². The van der Waals surface area contributed by atoms with E-state index in [9.17, 15) is 4.79 Å². The predicted molar refractivity (Wildman–Crippen MR) is 73.2 cm³/mol. The van der Waals surface area contributed by atoms with Crippen LogP contribution in [0.5, 0.6) is 0 Å². The molecule has 1 saturated heterocycles. The molecular weight excluding hydrogens is 224 g/mol. The Hall–Kier alpha value is -1.35. The second kappa shape index (κ2) is 5.53. The van der Waals surface area contributed by atoms with E-state index in [4.69, 9.17) is 0 Å². The van der Waals surface area contributed by atoms with Gasteiger partial charge in [-0.15, -0.1) is 0 Å². The van der Waals surface area contributed by atoms with Crippen molar-refractivity contribution >= 4 is 5.91 Å². The van der Waals surface area contributed by atoms with Crippen molar-refractivity contribution < 1.29 is 4.79 Å². The summed E-state index contributed by atoms with van der Waals surface area (Å²) in [4.78, 5) is 14.3. The number of rotatable bonds is 4. The van der Waals surface area contributed by atoms with Crippen molar-refractivity contribution in [2.75, 3.05) is 13.6 Å². The molecule has 0 spiro atoms. The number of likely N-dealkylation sites (N-methyl/N-ethyl adjacent to an activating group) is 1. The lowest BCUT2D eigenvalue weighted by atomic mass is 10.0. The first-order chi connectivity index (χ1) is 8.63. The molecule has 1 amide bonds. The Morgan fingerprint density at radius 1 is 1.33 bits per heavy atom. The maximum absolute atomic E-state index is 12.3. The normalized spacial score (nSPS) is 24.0. The molecule has 0 unspecified atom stereocenters. The van der Waals surface area contributed by atoms with Gasteiger partial charge in [-0.25, -0.2) is 0 Å².